The lowest BCUT2D eigenvalue weighted by Crippen LogP contribution is -2.11. The number of halogens is 1. The lowest BCUT2D eigenvalue weighted by molar-refractivity contribution is 0.210. The number of rotatable bonds is 7. The third kappa shape index (κ3) is 4.06. The van der Waals surface area contributed by atoms with Crippen LogP contribution in [0, 0.1) is 6.92 Å². The summed E-state index contributed by atoms with van der Waals surface area (Å²) in [6.45, 7) is 3.15. The highest BCUT2D eigenvalue weighted by atomic mass is 35.5. The molecule has 0 fully saturated rings. The van der Waals surface area contributed by atoms with Crippen molar-refractivity contribution in [2.75, 3.05) is 20.3 Å². The molecule has 0 radical (unpaired) electrons. The molecule has 22 heavy (non-hydrogen) atoms. The Hall–Kier alpha value is -1.91. The van der Waals surface area contributed by atoms with Crippen LogP contribution in [-0.4, -0.2) is 20.3 Å². The molecular formula is C17H20ClNO3. The average Bonchev–Trinajstić information content (AvgIpc) is 2.54. The van der Waals surface area contributed by atoms with Gasteiger partial charge < -0.3 is 19.9 Å². The van der Waals surface area contributed by atoms with Gasteiger partial charge in [-0.15, -0.1) is 0 Å². The van der Waals surface area contributed by atoms with Crippen LogP contribution in [0.25, 0.3) is 0 Å². The molecule has 4 nitrogen and oxygen atoms in total. The van der Waals surface area contributed by atoms with Gasteiger partial charge in [0.05, 0.1) is 7.11 Å². The Labute approximate surface area is 135 Å². The molecule has 0 aliphatic heterocycles. The van der Waals surface area contributed by atoms with E-state index in [9.17, 15) is 0 Å². The zero-order valence-electron chi connectivity index (χ0n) is 12.8. The molecule has 2 N–H and O–H groups in total. The molecule has 0 bridgehead atoms. The van der Waals surface area contributed by atoms with Crippen LogP contribution in [0.4, 0.5) is 0 Å². The summed E-state index contributed by atoms with van der Waals surface area (Å²) in [5, 5.41) is 0.727. The monoisotopic (exact) mass is 321 g/mol. The fourth-order valence-electron chi connectivity index (χ4n) is 2.06. The summed E-state index contributed by atoms with van der Waals surface area (Å²) in [6.07, 6.45) is 0. The highest BCUT2D eigenvalue weighted by Crippen LogP contribution is 2.30. The number of hydrogen-bond donors (Lipinski definition) is 1. The quantitative estimate of drug-likeness (QED) is 0.792. The van der Waals surface area contributed by atoms with Gasteiger partial charge in [0.1, 0.15) is 19.0 Å². The molecule has 0 spiro atoms. The normalized spacial score (nSPS) is 10.4. The van der Waals surface area contributed by atoms with E-state index < -0.39 is 0 Å². The number of benzene rings is 2. The van der Waals surface area contributed by atoms with E-state index in [4.69, 9.17) is 31.5 Å². The van der Waals surface area contributed by atoms with Gasteiger partial charge in [0.2, 0.25) is 0 Å². The van der Waals surface area contributed by atoms with Crippen molar-refractivity contribution in [1.82, 2.24) is 0 Å². The Morgan fingerprint density at radius 1 is 1.09 bits per heavy atom. The first-order valence-corrected chi connectivity index (χ1v) is 7.41. The maximum absolute atomic E-state index is 5.98. The standard InChI is InChI=1S/C17H20ClNO3/c1-12-10-14(6-7-15(12)18)21-8-9-22-17-13(11-19)4-3-5-16(17)20-2/h3-7,10H,8-9,11,19H2,1-2H3. The predicted molar refractivity (Wildman–Crippen MR) is 88.1 cm³/mol. The van der Waals surface area contributed by atoms with Crippen molar-refractivity contribution in [2.24, 2.45) is 5.73 Å². The van der Waals surface area contributed by atoms with Gasteiger partial charge in [-0.1, -0.05) is 23.7 Å². The molecule has 118 valence electrons. The Bertz CT molecular complexity index is 609. The van der Waals surface area contributed by atoms with Crippen LogP contribution in [0.2, 0.25) is 5.02 Å². The maximum Gasteiger partial charge on any atom is 0.165 e. The molecule has 2 aromatic rings. The van der Waals surface area contributed by atoms with Gasteiger partial charge >= 0.3 is 0 Å². The molecule has 0 atom stereocenters. The van der Waals surface area contributed by atoms with Crippen molar-refractivity contribution >= 4 is 11.6 Å². The van der Waals surface area contributed by atoms with E-state index in [2.05, 4.69) is 0 Å². The van der Waals surface area contributed by atoms with Crippen LogP contribution in [0.3, 0.4) is 0 Å². The predicted octanol–water partition coefficient (Wildman–Crippen LogP) is 3.57. The molecule has 0 unspecified atom stereocenters. The van der Waals surface area contributed by atoms with Crippen molar-refractivity contribution in [3.8, 4) is 17.2 Å². The molecule has 0 saturated carbocycles. The fraction of sp³-hybridized carbons (Fsp3) is 0.294. The molecule has 0 heterocycles. The summed E-state index contributed by atoms with van der Waals surface area (Å²) in [7, 11) is 1.61. The maximum atomic E-state index is 5.98. The summed E-state index contributed by atoms with van der Waals surface area (Å²) in [6, 6.07) is 11.2. The van der Waals surface area contributed by atoms with E-state index in [1.807, 2.05) is 43.3 Å². The van der Waals surface area contributed by atoms with Crippen molar-refractivity contribution in [1.29, 1.82) is 0 Å². The van der Waals surface area contributed by atoms with Crippen molar-refractivity contribution in [3.05, 3.63) is 52.5 Å². The molecule has 0 saturated heterocycles. The minimum absolute atomic E-state index is 0.393. The molecule has 2 rings (SSSR count). The lowest BCUT2D eigenvalue weighted by Gasteiger charge is -2.14. The third-order valence-corrected chi connectivity index (χ3v) is 3.65. The molecule has 0 amide bonds. The van der Waals surface area contributed by atoms with Crippen LogP contribution in [-0.2, 0) is 6.54 Å². The second-order valence-electron chi connectivity index (χ2n) is 4.76. The molecule has 5 heteroatoms. The molecule has 0 aliphatic rings. The molecule has 0 aromatic heterocycles. The Morgan fingerprint density at radius 2 is 1.86 bits per heavy atom. The second-order valence-corrected chi connectivity index (χ2v) is 5.17. The van der Waals surface area contributed by atoms with Crippen LogP contribution >= 0.6 is 11.6 Å². The van der Waals surface area contributed by atoms with E-state index in [-0.39, 0.29) is 0 Å². The number of aryl methyl sites for hydroxylation is 1. The summed E-state index contributed by atoms with van der Waals surface area (Å²) in [4.78, 5) is 0. The van der Waals surface area contributed by atoms with Gasteiger partial charge in [-0.05, 0) is 36.8 Å². The lowest BCUT2D eigenvalue weighted by atomic mass is 10.2. The van der Waals surface area contributed by atoms with Gasteiger partial charge in [-0.3, -0.25) is 0 Å². The van der Waals surface area contributed by atoms with E-state index in [1.54, 1.807) is 7.11 Å². The van der Waals surface area contributed by atoms with Crippen LogP contribution in [0.1, 0.15) is 11.1 Å². The number of hydrogen-bond acceptors (Lipinski definition) is 4. The SMILES string of the molecule is COc1cccc(CN)c1OCCOc1ccc(Cl)c(C)c1. The minimum Gasteiger partial charge on any atom is -0.493 e. The summed E-state index contributed by atoms with van der Waals surface area (Å²) < 4.78 is 16.7. The third-order valence-electron chi connectivity index (χ3n) is 3.23. The van der Waals surface area contributed by atoms with Gasteiger partial charge in [0.25, 0.3) is 0 Å². The fourth-order valence-corrected chi connectivity index (χ4v) is 2.17. The molecular weight excluding hydrogens is 302 g/mol. The first kappa shape index (κ1) is 16.5. The smallest absolute Gasteiger partial charge is 0.165 e. The van der Waals surface area contributed by atoms with Gasteiger partial charge in [0, 0.05) is 17.1 Å². The molecule has 2 aromatic carbocycles. The number of methoxy groups -OCH3 is 1. The summed E-state index contributed by atoms with van der Waals surface area (Å²) in [5.41, 5.74) is 7.61. The highest BCUT2D eigenvalue weighted by Gasteiger charge is 2.09. The second kappa shape index (κ2) is 7.92. The summed E-state index contributed by atoms with van der Waals surface area (Å²) in [5.74, 6) is 2.11. The number of para-hydroxylation sites is 1. The van der Waals surface area contributed by atoms with Crippen molar-refractivity contribution < 1.29 is 14.2 Å². The first-order chi connectivity index (χ1) is 10.7. The van der Waals surface area contributed by atoms with Crippen LogP contribution in [0.15, 0.2) is 36.4 Å². The zero-order chi connectivity index (χ0) is 15.9. The minimum atomic E-state index is 0.393. The van der Waals surface area contributed by atoms with Crippen LogP contribution < -0.4 is 19.9 Å². The van der Waals surface area contributed by atoms with Crippen molar-refractivity contribution in [3.63, 3.8) is 0 Å². The van der Waals surface area contributed by atoms with E-state index in [0.717, 1.165) is 21.9 Å². The Kier molecular flexibility index (Phi) is 5.92. The summed E-state index contributed by atoms with van der Waals surface area (Å²) >= 11 is 5.98. The molecule has 0 aliphatic carbocycles. The Morgan fingerprint density at radius 3 is 2.55 bits per heavy atom. The van der Waals surface area contributed by atoms with Gasteiger partial charge in [-0.2, -0.15) is 0 Å². The average molecular weight is 322 g/mol. The first-order valence-electron chi connectivity index (χ1n) is 7.03. The van der Waals surface area contributed by atoms with Crippen molar-refractivity contribution in [2.45, 2.75) is 13.5 Å². The zero-order valence-corrected chi connectivity index (χ0v) is 13.5. The van der Waals surface area contributed by atoms with Gasteiger partial charge in [0.15, 0.2) is 11.5 Å². The van der Waals surface area contributed by atoms with E-state index in [1.165, 1.54) is 0 Å². The Balaban J connectivity index is 1.92. The van der Waals surface area contributed by atoms with Gasteiger partial charge in [-0.25, -0.2) is 0 Å². The van der Waals surface area contributed by atoms with E-state index >= 15 is 0 Å². The number of ether oxygens (including phenoxy) is 3. The largest absolute Gasteiger partial charge is 0.493 e. The topological polar surface area (TPSA) is 53.7 Å². The van der Waals surface area contributed by atoms with Crippen LogP contribution in [0.5, 0.6) is 17.2 Å². The van der Waals surface area contributed by atoms with E-state index in [0.29, 0.717) is 31.3 Å². The number of nitrogens with two attached hydrogens (primary N) is 1. The highest BCUT2D eigenvalue weighted by molar-refractivity contribution is 6.31.